The van der Waals surface area contributed by atoms with Gasteiger partial charge in [0.25, 0.3) is 0 Å². The zero-order valence-corrected chi connectivity index (χ0v) is 16.3. The van der Waals surface area contributed by atoms with Crippen molar-refractivity contribution in [1.82, 2.24) is 14.5 Å². The van der Waals surface area contributed by atoms with Crippen molar-refractivity contribution in [3.8, 4) is 17.4 Å². The number of rotatable bonds is 6. The highest BCUT2D eigenvalue weighted by Gasteiger charge is 2.32. The summed E-state index contributed by atoms with van der Waals surface area (Å²) in [4.78, 5) is 18.8. The molecule has 0 unspecified atom stereocenters. The standard InChI is InChI=1S/C20H16F5N3O3/c1-28-17(30-2)9-12(27-19(28)29)4-3-11-7-14(21)18(15(22)8-11)31-13-5-6-26-16(10-13)20(23,24)25/h5-10H,3-4H2,1-2H3. The van der Waals surface area contributed by atoms with E-state index in [1.165, 1.54) is 24.8 Å². The van der Waals surface area contributed by atoms with E-state index < -0.39 is 40.7 Å². The minimum atomic E-state index is -4.73. The van der Waals surface area contributed by atoms with E-state index in [2.05, 4.69) is 9.97 Å². The van der Waals surface area contributed by atoms with Crippen molar-refractivity contribution in [3.63, 3.8) is 0 Å². The zero-order chi connectivity index (χ0) is 22.8. The number of hydrogen-bond donors (Lipinski definition) is 0. The Bertz CT molecular complexity index is 1140. The zero-order valence-electron chi connectivity index (χ0n) is 16.3. The maximum Gasteiger partial charge on any atom is 0.433 e. The van der Waals surface area contributed by atoms with Gasteiger partial charge in [-0.15, -0.1) is 0 Å². The average molecular weight is 441 g/mol. The van der Waals surface area contributed by atoms with Gasteiger partial charge in [-0.1, -0.05) is 0 Å². The number of pyridine rings is 1. The first-order valence-corrected chi connectivity index (χ1v) is 8.88. The summed E-state index contributed by atoms with van der Waals surface area (Å²) in [7, 11) is 2.88. The van der Waals surface area contributed by atoms with Crippen molar-refractivity contribution < 1.29 is 31.4 Å². The van der Waals surface area contributed by atoms with Gasteiger partial charge < -0.3 is 9.47 Å². The maximum absolute atomic E-state index is 14.4. The van der Waals surface area contributed by atoms with Crippen LogP contribution in [-0.4, -0.2) is 21.6 Å². The van der Waals surface area contributed by atoms with E-state index in [1.807, 2.05) is 0 Å². The van der Waals surface area contributed by atoms with Gasteiger partial charge in [-0.3, -0.25) is 9.55 Å². The number of methoxy groups -OCH3 is 1. The van der Waals surface area contributed by atoms with Gasteiger partial charge in [0.15, 0.2) is 23.3 Å². The van der Waals surface area contributed by atoms with E-state index >= 15 is 0 Å². The maximum atomic E-state index is 14.4. The SMILES string of the molecule is COc1cc(CCc2cc(F)c(Oc3ccnc(C(F)(F)F)c3)c(F)c2)nc(=O)n1C. The monoisotopic (exact) mass is 441 g/mol. The van der Waals surface area contributed by atoms with E-state index in [1.54, 1.807) is 0 Å². The van der Waals surface area contributed by atoms with Crippen LogP contribution in [0.1, 0.15) is 17.0 Å². The van der Waals surface area contributed by atoms with Gasteiger partial charge in [-0.2, -0.15) is 18.2 Å². The van der Waals surface area contributed by atoms with Crippen LogP contribution in [0.2, 0.25) is 0 Å². The fourth-order valence-electron chi connectivity index (χ4n) is 2.76. The third kappa shape index (κ3) is 5.16. The lowest BCUT2D eigenvalue weighted by atomic mass is 10.1. The van der Waals surface area contributed by atoms with E-state index in [0.29, 0.717) is 11.8 Å². The Hall–Kier alpha value is -3.50. The molecule has 0 amide bonds. The van der Waals surface area contributed by atoms with Crippen LogP contribution in [0, 0.1) is 11.6 Å². The second kappa shape index (κ2) is 8.70. The predicted molar refractivity (Wildman–Crippen MR) is 99.1 cm³/mol. The fraction of sp³-hybridized carbons (Fsp3) is 0.250. The molecule has 0 aliphatic rings. The molecule has 164 valence electrons. The van der Waals surface area contributed by atoms with Crippen molar-refractivity contribution in [3.05, 3.63) is 75.6 Å². The number of aromatic nitrogens is 3. The summed E-state index contributed by atoms with van der Waals surface area (Å²) >= 11 is 0. The molecule has 6 nitrogen and oxygen atoms in total. The van der Waals surface area contributed by atoms with Crippen molar-refractivity contribution in [1.29, 1.82) is 0 Å². The van der Waals surface area contributed by atoms with Crippen molar-refractivity contribution in [2.45, 2.75) is 19.0 Å². The number of aryl methyl sites for hydroxylation is 2. The number of halogens is 5. The van der Waals surface area contributed by atoms with Crippen LogP contribution in [0.4, 0.5) is 22.0 Å². The molecule has 0 radical (unpaired) electrons. The molecule has 0 saturated carbocycles. The lowest BCUT2D eigenvalue weighted by Crippen LogP contribution is -2.22. The van der Waals surface area contributed by atoms with Crippen LogP contribution in [0.3, 0.4) is 0 Å². The molecule has 0 N–H and O–H groups in total. The number of benzene rings is 1. The van der Waals surface area contributed by atoms with Crippen LogP contribution < -0.4 is 15.2 Å². The summed E-state index contributed by atoms with van der Waals surface area (Å²) < 4.78 is 78.3. The Kier molecular flexibility index (Phi) is 6.23. The molecule has 11 heteroatoms. The highest BCUT2D eigenvalue weighted by molar-refractivity contribution is 5.36. The number of nitrogens with zero attached hydrogens (tertiary/aromatic N) is 3. The molecule has 0 spiro atoms. The topological polar surface area (TPSA) is 66.2 Å². The molecule has 31 heavy (non-hydrogen) atoms. The molecule has 0 fully saturated rings. The van der Waals surface area contributed by atoms with E-state index in [-0.39, 0.29) is 24.3 Å². The molecular weight excluding hydrogens is 425 g/mol. The smallest absolute Gasteiger partial charge is 0.433 e. The fourth-order valence-corrected chi connectivity index (χ4v) is 2.76. The van der Waals surface area contributed by atoms with Gasteiger partial charge in [-0.05, 0) is 36.6 Å². The second-order valence-corrected chi connectivity index (χ2v) is 6.50. The van der Waals surface area contributed by atoms with Gasteiger partial charge >= 0.3 is 11.9 Å². The van der Waals surface area contributed by atoms with Crippen LogP contribution in [0.15, 0.2) is 41.3 Å². The van der Waals surface area contributed by atoms with Crippen LogP contribution in [0.25, 0.3) is 0 Å². The quantitative estimate of drug-likeness (QED) is 0.540. The molecule has 3 rings (SSSR count). The Morgan fingerprint density at radius 3 is 2.35 bits per heavy atom. The first-order chi connectivity index (χ1) is 14.6. The molecule has 2 aromatic heterocycles. The van der Waals surface area contributed by atoms with Crippen molar-refractivity contribution in [2.24, 2.45) is 7.05 Å². The Morgan fingerprint density at radius 2 is 1.74 bits per heavy atom. The van der Waals surface area contributed by atoms with E-state index in [4.69, 9.17) is 9.47 Å². The molecular formula is C20H16F5N3O3. The summed E-state index contributed by atoms with van der Waals surface area (Å²) in [6.07, 6.45) is -3.56. The minimum Gasteiger partial charge on any atom is -0.482 e. The highest BCUT2D eigenvalue weighted by Crippen LogP contribution is 2.33. The first kappa shape index (κ1) is 22.2. The molecule has 2 heterocycles. The van der Waals surface area contributed by atoms with Gasteiger partial charge in [-0.25, -0.2) is 13.6 Å². The summed E-state index contributed by atoms with van der Waals surface area (Å²) in [6, 6.07) is 5.14. The molecule has 0 atom stereocenters. The van der Waals surface area contributed by atoms with Gasteiger partial charge in [0.05, 0.1) is 12.8 Å². The molecule has 1 aromatic carbocycles. The summed E-state index contributed by atoms with van der Waals surface area (Å²) in [6.45, 7) is 0. The normalized spacial score (nSPS) is 11.5. The second-order valence-electron chi connectivity index (χ2n) is 6.50. The number of hydrogen-bond acceptors (Lipinski definition) is 5. The van der Waals surface area contributed by atoms with E-state index in [0.717, 1.165) is 24.4 Å². The predicted octanol–water partition coefficient (Wildman–Crippen LogP) is 4.06. The van der Waals surface area contributed by atoms with E-state index in [9.17, 15) is 26.7 Å². The summed E-state index contributed by atoms with van der Waals surface area (Å²) in [5.74, 6) is -3.14. The molecule has 3 aromatic rings. The molecule has 0 saturated heterocycles. The Morgan fingerprint density at radius 1 is 1.06 bits per heavy atom. The van der Waals surface area contributed by atoms with Gasteiger partial charge in [0.1, 0.15) is 11.4 Å². The van der Waals surface area contributed by atoms with Crippen LogP contribution >= 0.6 is 0 Å². The largest absolute Gasteiger partial charge is 0.482 e. The Balaban J connectivity index is 1.78. The van der Waals surface area contributed by atoms with Crippen LogP contribution in [-0.2, 0) is 26.1 Å². The molecule has 0 bridgehead atoms. The van der Waals surface area contributed by atoms with Crippen molar-refractivity contribution in [2.75, 3.05) is 7.11 Å². The van der Waals surface area contributed by atoms with Gasteiger partial charge in [0, 0.05) is 25.4 Å². The third-order valence-electron chi connectivity index (χ3n) is 4.33. The summed E-state index contributed by atoms with van der Waals surface area (Å²) in [5.41, 5.74) is -1.17. The summed E-state index contributed by atoms with van der Waals surface area (Å²) in [5, 5.41) is 0. The Labute approximate surface area is 172 Å². The number of ether oxygens (including phenoxy) is 2. The number of alkyl halides is 3. The minimum absolute atomic E-state index is 0.144. The average Bonchev–Trinajstić information content (AvgIpc) is 2.71. The molecule has 0 aliphatic heterocycles. The lowest BCUT2D eigenvalue weighted by Gasteiger charge is -2.12. The van der Waals surface area contributed by atoms with Crippen molar-refractivity contribution >= 4 is 0 Å². The highest BCUT2D eigenvalue weighted by atomic mass is 19.4. The van der Waals surface area contributed by atoms with Crippen LogP contribution in [0.5, 0.6) is 17.4 Å². The lowest BCUT2D eigenvalue weighted by molar-refractivity contribution is -0.141. The molecule has 0 aliphatic carbocycles. The third-order valence-corrected chi connectivity index (χ3v) is 4.33. The van der Waals surface area contributed by atoms with Gasteiger partial charge in [0.2, 0.25) is 0 Å². The first-order valence-electron chi connectivity index (χ1n) is 8.88.